The first-order valence-corrected chi connectivity index (χ1v) is 11.5. The SMILES string of the molecule is O=c1ccc(-c2cncnc2)c2n1C[C@H]1C[C@@H]2CN(S(=O)(=O)c2ccc(Cl)cc2)C1. The highest BCUT2D eigenvalue weighted by molar-refractivity contribution is 7.89. The molecule has 0 radical (unpaired) electrons. The van der Waals surface area contributed by atoms with Gasteiger partial charge in [-0.15, -0.1) is 0 Å². The van der Waals surface area contributed by atoms with Crippen LogP contribution in [-0.2, 0) is 16.6 Å². The Bertz CT molecular complexity index is 1260. The lowest BCUT2D eigenvalue weighted by molar-refractivity contribution is 0.187. The number of halogens is 1. The highest BCUT2D eigenvalue weighted by Crippen LogP contribution is 2.41. The third-order valence-electron chi connectivity index (χ3n) is 5.88. The van der Waals surface area contributed by atoms with Crippen LogP contribution in [0, 0.1) is 5.92 Å². The Hall–Kier alpha value is -2.55. The van der Waals surface area contributed by atoms with Crippen molar-refractivity contribution in [3.05, 3.63) is 76.2 Å². The molecule has 2 atom stereocenters. The van der Waals surface area contributed by atoms with Gasteiger partial charge in [-0.25, -0.2) is 18.4 Å². The van der Waals surface area contributed by atoms with Crippen LogP contribution in [0.15, 0.2) is 64.8 Å². The van der Waals surface area contributed by atoms with Crippen molar-refractivity contribution in [3.8, 4) is 11.1 Å². The molecule has 2 aromatic heterocycles. The van der Waals surface area contributed by atoms with E-state index >= 15 is 0 Å². The molecule has 0 saturated carbocycles. The summed E-state index contributed by atoms with van der Waals surface area (Å²) in [4.78, 5) is 21.0. The minimum atomic E-state index is -3.65. The minimum Gasteiger partial charge on any atom is -0.311 e. The monoisotopic (exact) mass is 442 g/mol. The van der Waals surface area contributed by atoms with Gasteiger partial charge in [-0.3, -0.25) is 4.79 Å². The summed E-state index contributed by atoms with van der Waals surface area (Å²) in [6, 6.07) is 9.60. The molecule has 0 N–H and O–H groups in total. The number of nitrogens with zero attached hydrogens (tertiary/aromatic N) is 4. The van der Waals surface area contributed by atoms with Gasteiger partial charge in [0.1, 0.15) is 6.33 Å². The Morgan fingerprint density at radius 3 is 2.43 bits per heavy atom. The molecule has 0 spiro atoms. The van der Waals surface area contributed by atoms with Crippen molar-refractivity contribution in [1.82, 2.24) is 18.8 Å². The number of benzene rings is 1. The average Bonchev–Trinajstić information content (AvgIpc) is 2.75. The van der Waals surface area contributed by atoms with E-state index in [0.29, 0.717) is 24.7 Å². The van der Waals surface area contributed by atoms with Crippen molar-refractivity contribution in [1.29, 1.82) is 0 Å². The lowest BCUT2D eigenvalue weighted by Gasteiger charge is -2.42. The van der Waals surface area contributed by atoms with E-state index in [2.05, 4.69) is 9.97 Å². The summed E-state index contributed by atoms with van der Waals surface area (Å²) < 4.78 is 29.9. The summed E-state index contributed by atoms with van der Waals surface area (Å²) in [5, 5.41) is 0.493. The zero-order valence-corrected chi connectivity index (χ0v) is 17.6. The number of fused-ring (bicyclic) bond motifs is 4. The first-order valence-electron chi connectivity index (χ1n) is 9.68. The predicted octanol–water partition coefficient (Wildman–Crippen LogP) is 2.77. The molecular weight excluding hydrogens is 424 g/mol. The fraction of sp³-hybridized carbons (Fsp3) is 0.286. The van der Waals surface area contributed by atoms with E-state index in [1.54, 1.807) is 45.5 Å². The molecule has 2 bridgehead atoms. The van der Waals surface area contributed by atoms with Gasteiger partial charge in [0.2, 0.25) is 10.0 Å². The minimum absolute atomic E-state index is 0.0608. The Kier molecular flexibility index (Phi) is 4.72. The molecule has 4 heterocycles. The summed E-state index contributed by atoms with van der Waals surface area (Å²) in [6.07, 6.45) is 5.73. The molecule has 3 aromatic rings. The number of aromatic nitrogens is 3. The largest absolute Gasteiger partial charge is 0.311 e. The molecule has 0 unspecified atom stereocenters. The molecular formula is C21H19ClN4O3S. The van der Waals surface area contributed by atoms with E-state index in [1.165, 1.54) is 18.5 Å². The summed E-state index contributed by atoms with van der Waals surface area (Å²) in [5.74, 6) is 0.00183. The first-order chi connectivity index (χ1) is 14.4. The Morgan fingerprint density at radius 1 is 0.967 bits per heavy atom. The van der Waals surface area contributed by atoms with Crippen LogP contribution in [0.3, 0.4) is 0 Å². The van der Waals surface area contributed by atoms with E-state index in [9.17, 15) is 13.2 Å². The summed E-state index contributed by atoms with van der Waals surface area (Å²) >= 11 is 5.92. The van der Waals surface area contributed by atoms with Crippen molar-refractivity contribution < 1.29 is 8.42 Å². The van der Waals surface area contributed by atoms with Crippen molar-refractivity contribution in [2.45, 2.75) is 23.8 Å². The van der Waals surface area contributed by atoms with Crippen LogP contribution in [0.25, 0.3) is 11.1 Å². The maximum absolute atomic E-state index is 13.3. The van der Waals surface area contributed by atoms with Crippen molar-refractivity contribution in [2.24, 2.45) is 5.92 Å². The molecule has 30 heavy (non-hydrogen) atoms. The number of pyridine rings is 1. The lowest BCUT2D eigenvalue weighted by Crippen LogP contribution is -2.49. The molecule has 7 nitrogen and oxygen atoms in total. The predicted molar refractivity (Wildman–Crippen MR) is 113 cm³/mol. The van der Waals surface area contributed by atoms with E-state index in [1.807, 2.05) is 0 Å². The van der Waals surface area contributed by atoms with Gasteiger partial charge in [-0.05, 0) is 42.7 Å². The number of hydrogen-bond acceptors (Lipinski definition) is 5. The molecule has 154 valence electrons. The third-order valence-corrected chi connectivity index (χ3v) is 7.98. The molecule has 1 aromatic carbocycles. The summed E-state index contributed by atoms with van der Waals surface area (Å²) in [6.45, 7) is 1.22. The van der Waals surface area contributed by atoms with Crippen molar-refractivity contribution in [3.63, 3.8) is 0 Å². The lowest BCUT2D eigenvalue weighted by atomic mass is 9.81. The second-order valence-corrected chi connectivity index (χ2v) is 10.2. The van der Waals surface area contributed by atoms with Gasteiger partial charge in [0.05, 0.1) is 4.90 Å². The number of rotatable bonds is 3. The zero-order chi connectivity index (χ0) is 20.9. The standard InChI is InChI=1S/C21H19ClN4O3S/c22-17-1-3-18(4-2-17)30(28,29)25-10-14-7-15(12-25)21-19(16-8-23-13-24-9-16)5-6-20(27)26(21)11-14/h1-6,8-9,13-15H,7,10-12H2/t14-,15+/m0/s1. The quantitative estimate of drug-likeness (QED) is 0.622. The van der Waals surface area contributed by atoms with Crippen LogP contribution >= 0.6 is 11.6 Å². The fourth-order valence-electron chi connectivity index (χ4n) is 4.61. The van der Waals surface area contributed by atoms with Gasteiger partial charge in [0, 0.05) is 65.9 Å². The Labute approximate surface area is 179 Å². The van der Waals surface area contributed by atoms with Gasteiger partial charge >= 0.3 is 0 Å². The van der Waals surface area contributed by atoms with E-state index in [0.717, 1.165) is 23.2 Å². The molecule has 2 aliphatic heterocycles. The van der Waals surface area contributed by atoms with Gasteiger partial charge in [-0.1, -0.05) is 11.6 Å². The van der Waals surface area contributed by atoms with E-state index in [4.69, 9.17) is 11.6 Å². The topological polar surface area (TPSA) is 85.2 Å². The van der Waals surface area contributed by atoms with Gasteiger partial charge in [0.15, 0.2) is 0 Å². The Balaban J connectivity index is 1.57. The number of sulfonamides is 1. The molecule has 0 amide bonds. The zero-order valence-electron chi connectivity index (χ0n) is 16.0. The van der Waals surface area contributed by atoms with Crippen molar-refractivity contribution in [2.75, 3.05) is 13.1 Å². The number of piperidine rings is 1. The fourth-order valence-corrected chi connectivity index (χ4v) is 6.29. The number of hydrogen-bond donors (Lipinski definition) is 0. The molecule has 1 saturated heterocycles. The highest BCUT2D eigenvalue weighted by Gasteiger charge is 2.40. The second kappa shape index (κ2) is 7.30. The third kappa shape index (κ3) is 3.25. The second-order valence-electron chi connectivity index (χ2n) is 7.78. The maximum atomic E-state index is 13.3. The summed E-state index contributed by atoms with van der Waals surface area (Å²) in [7, 11) is -3.65. The van der Waals surface area contributed by atoms with Crippen LogP contribution in [0.4, 0.5) is 0 Å². The van der Waals surface area contributed by atoms with Crippen LogP contribution in [-0.4, -0.2) is 40.3 Å². The van der Waals surface area contributed by atoms with E-state index in [-0.39, 0.29) is 22.3 Å². The van der Waals surface area contributed by atoms with Crippen LogP contribution in [0.2, 0.25) is 5.02 Å². The van der Waals surface area contributed by atoms with Crippen molar-refractivity contribution >= 4 is 21.6 Å². The molecule has 2 aliphatic rings. The average molecular weight is 443 g/mol. The van der Waals surface area contributed by atoms with Crippen LogP contribution in [0.1, 0.15) is 18.0 Å². The molecule has 9 heteroatoms. The van der Waals surface area contributed by atoms with Gasteiger partial charge < -0.3 is 4.57 Å². The normalized spacial score (nSPS) is 21.2. The summed E-state index contributed by atoms with van der Waals surface area (Å²) in [5.41, 5.74) is 2.50. The van der Waals surface area contributed by atoms with E-state index < -0.39 is 10.0 Å². The van der Waals surface area contributed by atoms with Gasteiger partial charge in [-0.2, -0.15) is 4.31 Å². The smallest absolute Gasteiger partial charge is 0.250 e. The molecule has 1 fully saturated rings. The van der Waals surface area contributed by atoms with Gasteiger partial charge in [0.25, 0.3) is 5.56 Å². The Morgan fingerprint density at radius 2 is 1.70 bits per heavy atom. The molecule has 5 rings (SSSR count). The van der Waals surface area contributed by atoms with Crippen LogP contribution in [0.5, 0.6) is 0 Å². The molecule has 0 aliphatic carbocycles. The van der Waals surface area contributed by atoms with Crippen LogP contribution < -0.4 is 5.56 Å². The highest BCUT2D eigenvalue weighted by atomic mass is 35.5. The first kappa shape index (κ1) is 19.4. The maximum Gasteiger partial charge on any atom is 0.250 e.